The molecule has 2 aromatic rings. The quantitative estimate of drug-likeness (QED) is 0.892. The maximum atomic E-state index is 11.7. The maximum absolute atomic E-state index is 11.7. The van der Waals surface area contributed by atoms with E-state index in [1.807, 2.05) is 39.0 Å². The number of pyridine rings is 2. The van der Waals surface area contributed by atoms with Gasteiger partial charge in [-0.1, -0.05) is 0 Å². The van der Waals surface area contributed by atoms with Crippen LogP contribution in [0.3, 0.4) is 0 Å². The van der Waals surface area contributed by atoms with Gasteiger partial charge in [-0.3, -0.25) is 10.3 Å². The first-order valence-corrected chi connectivity index (χ1v) is 7.46. The summed E-state index contributed by atoms with van der Waals surface area (Å²) >= 11 is 0. The van der Waals surface area contributed by atoms with Crippen LogP contribution in [0, 0.1) is 0 Å². The van der Waals surface area contributed by atoms with Crippen LogP contribution >= 0.6 is 0 Å². The van der Waals surface area contributed by atoms with Gasteiger partial charge in [0.1, 0.15) is 11.4 Å². The van der Waals surface area contributed by atoms with E-state index < -0.39 is 11.7 Å². The first kappa shape index (κ1) is 16.7. The molecule has 0 saturated heterocycles. The molecule has 122 valence electrons. The lowest BCUT2D eigenvalue weighted by molar-refractivity contribution is 0.0635. The lowest BCUT2D eigenvalue weighted by Crippen LogP contribution is -2.27. The first-order valence-electron chi connectivity index (χ1n) is 7.46. The summed E-state index contributed by atoms with van der Waals surface area (Å²) in [5, 5.41) is 5.95. The van der Waals surface area contributed by atoms with Crippen LogP contribution in [-0.2, 0) is 4.74 Å². The third-order valence-corrected chi connectivity index (χ3v) is 2.98. The van der Waals surface area contributed by atoms with Gasteiger partial charge in [-0.15, -0.1) is 0 Å². The Kier molecular flexibility index (Phi) is 5.16. The van der Waals surface area contributed by atoms with E-state index in [0.29, 0.717) is 5.82 Å². The topological polar surface area (TPSA) is 76.1 Å². The molecule has 2 rings (SSSR count). The van der Waals surface area contributed by atoms with Crippen LogP contribution < -0.4 is 10.6 Å². The third kappa shape index (κ3) is 5.58. The summed E-state index contributed by atoms with van der Waals surface area (Å²) in [5.74, 6) is 0.446. The van der Waals surface area contributed by atoms with Gasteiger partial charge in [-0.2, -0.15) is 0 Å². The van der Waals surface area contributed by atoms with Gasteiger partial charge >= 0.3 is 6.09 Å². The molecule has 2 heterocycles. The predicted molar refractivity (Wildman–Crippen MR) is 90.4 cm³/mol. The number of amides is 1. The smallest absolute Gasteiger partial charge is 0.413 e. The lowest BCUT2D eigenvalue weighted by Gasteiger charge is -2.19. The monoisotopic (exact) mass is 314 g/mol. The largest absolute Gasteiger partial charge is 0.444 e. The fourth-order valence-corrected chi connectivity index (χ4v) is 1.95. The molecule has 0 radical (unpaired) electrons. The summed E-state index contributed by atoms with van der Waals surface area (Å²) < 4.78 is 5.18. The van der Waals surface area contributed by atoms with Gasteiger partial charge in [0.25, 0.3) is 0 Å². The second-order valence-electron chi connectivity index (χ2n) is 6.21. The number of hydrogen-bond donors (Lipinski definition) is 2. The van der Waals surface area contributed by atoms with Crippen molar-refractivity contribution in [1.29, 1.82) is 0 Å². The van der Waals surface area contributed by atoms with Crippen molar-refractivity contribution in [1.82, 2.24) is 9.97 Å². The van der Waals surface area contributed by atoms with Crippen LogP contribution in [0.4, 0.5) is 16.3 Å². The van der Waals surface area contributed by atoms with Crippen molar-refractivity contribution < 1.29 is 9.53 Å². The zero-order valence-corrected chi connectivity index (χ0v) is 13.8. The Bertz CT molecular complexity index is 636. The highest BCUT2D eigenvalue weighted by Crippen LogP contribution is 2.19. The number of carbonyl (C=O) groups is 1. The summed E-state index contributed by atoms with van der Waals surface area (Å²) in [7, 11) is 0. The summed E-state index contributed by atoms with van der Waals surface area (Å²) in [5.41, 5.74) is 1.46. The number of nitrogens with one attached hydrogen (secondary N) is 2. The molecule has 6 heteroatoms. The molecule has 1 amide bonds. The van der Waals surface area contributed by atoms with E-state index in [9.17, 15) is 4.79 Å². The number of anilines is 2. The van der Waals surface area contributed by atoms with Crippen molar-refractivity contribution in [3.05, 3.63) is 48.4 Å². The number of carbonyl (C=O) groups excluding carboxylic acids is 1. The maximum Gasteiger partial charge on any atom is 0.413 e. The molecule has 0 bridgehead atoms. The minimum absolute atomic E-state index is 0.129. The van der Waals surface area contributed by atoms with E-state index in [-0.39, 0.29) is 6.04 Å². The van der Waals surface area contributed by atoms with E-state index in [1.165, 1.54) is 0 Å². The zero-order valence-electron chi connectivity index (χ0n) is 13.8. The summed E-state index contributed by atoms with van der Waals surface area (Å²) in [6.45, 7) is 7.50. The van der Waals surface area contributed by atoms with Gasteiger partial charge in [0.05, 0.1) is 11.9 Å². The Labute approximate surface area is 136 Å². The molecule has 2 N–H and O–H groups in total. The number of ether oxygens (including phenoxy) is 1. The highest BCUT2D eigenvalue weighted by Gasteiger charge is 2.16. The Hall–Kier alpha value is -2.63. The second kappa shape index (κ2) is 7.09. The standard InChI is InChI=1S/C17H22N4O2/c1-12(13-7-9-18-10-8-13)20-14-5-6-15(19-11-14)21-16(22)23-17(2,3)4/h5-12,20H,1-4H3,(H,19,21,22). The zero-order chi connectivity index (χ0) is 16.9. The summed E-state index contributed by atoms with van der Waals surface area (Å²) in [6.07, 6.45) is 4.68. The van der Waals surface area contributed by atoms with Crippen LogP contribution in [0.15, 0.2) is 42.9 Å². The van der Waals surface area contributed by atoms with E-state index in [0.717, 1.165) is 11.3 Å². The highest BCUT2D eigenvalue weighted by atomic mass is 16.6. The molecule has 0 aromatic carbocycles. The highest BCUT2D eigenvalue weighted by molar-refractivity contribution is 5.83. The molecule has 0 spiro atoms. The van der Waals surface area contributed by atoms with Crippen molar-refractivity contribution in [3.8, 4) is 0 Å². The van der Waals surface area contributed by atoms with E-state index in [2.05, 4.69) is 27.5 Å². The Morgan fingerprint density at radius 2 is 1.87 bits per heavy atom. The Balaban J connectivity index is 1.93. The van der Waals surface area contributed by atoms with Gasteiger partial charge in [0.15, 0.2) is 0 Å². The molecule has 0 aliphatic heterocycles. The normalized spacial score (nSPS) is 12.3. The number of aromatic nitrogens is 2. The Morgan fingerprint density at radius 1 is 1.17 bits per heavy atom. The van der Waals surface area contributed by atoms with Gasteiger partial charge in [-0.25, -0.2) is 9.78 Å². The van der Waals surface area contributed by atoms with E-state index >= 15 is 0 Å². The average molecular weight is 314 g/mol. The first-order chi connectivity index (χ1) is 10.8. The summed E-state index contributed by atoms with van der Waals surface area (Å²) in [6, 6.07) is 7.64. The van der Waals surface area contributed by atoms with Crippen molar-refractivity contribution in [3.63, 3.8) is 0 Å². The van der Waals surface area contributed by atoms with Gasteiger partial charge in [0, 0.05) is 18.4 Å². The fourth-order valence-electron chi connectivity index (χ4n) is 1.95. The Morgan fingerprint density at radius 3 is 2.43 bits per heavy atom. The third-order valence-electron chi connectivity index (χ3n) is 2.98. The van der Waals surface area contributed by atoms with Gasteiger partial charge in [-0.05, 0) is 57.5 Å². The van der Waals surface area contributed by atoms with Crippen molar-refractivity contribution in [2.45, 2.75) is 39.3 Å². The lowest BCUT2D eigenvalue weighted by atomic mass is 10.1. The predicted octanol–water partition coefficient (Wildman–Crippen LogP) is 4.00. The van der Waals surface area contributed by atoms with E-state index in [4.69, 9.17) is 4.74 Å². The van der Waals surface area contributed by atoms with Crippen molar-refractivity contribution >= 4 is 17.6 Å². The molecule has 1 unspecified atom stereocenters. The SMILES string of the molecule is CC(Nc1ccc(NC(=O)OC(C)(C)C)nc1)c1ccncc1. The van der Waals surface area contributed by atoms with Crippen LogP contribution in [0.25, 0.3) is 0 Å². The molecular weight excluding hydrogens is 292 g/mol. The molecule has 6 nitrogen and oxygen atoms in total. The second-order valence-corrected chi connectivity index (χ2v) is 6.21. The minimum atomic E-state index is -0.536. The summed E-state index contributed by atoms with van der Waals surface area (Å²) in [4.78, 5) is 19.9. The molecular formula is C17H22N4O2. The number of nitrogens with zero attached hydrogens (tertiary/aromatic N) is 2. The van der Waals surface area contributed by atoms with Crippen molar-refractivity contribution in [2.24, 2.45) is 0 Å². The molecule has 0 aliphatic rings. The van der Waals surface area contributed by atoms with Crippen LogP contribution in [-0.4, -0.2) is 21.7 Å². The molecule has 0 fully saturated rings. The van der Waals surface area contributed by atoms with E-state index in [1.54, 1.807) is 24.7 Å². The van der Waals surface area contributed by atoms with Crippen LogP contribution in [0.2, 0.25) is 0 Å². The van der Waals surface area contributed by atoms with Crippen LogP contribution in [0.5, 0.6) is 0 Å². The number of rotatable bonds is 4. The molecule has 1 atom stereocenters. The number of hydrogen-bond acceptors (Lipinski definition) is 5. The van der Waals surface area contributed by atoms with Crippen LogP contribution in [0.1, 0.15) is 39.3 Å². The molecule has 2 aromatic heterocycles. The minimum Gasteiger partial charge on any atom is -0.444 e. The molecule has 0 aliphatic carbocycles. The molecule has 0 saturated carbocycles. The van der Waals surface area contributed by atoms with Gasteiger partial charge in [0.2, 0.25) is 0 Å². The fraction of sp³-hybridized carbons (Fsp3) is 0.353. The molecule has 23 heavy (non-hydrogen) atoms. The van der Waals surface area contributed by atoms with Crippen molar-refractivity contribution in [2.75, 3.05) is 10.6 Å². The average Bonchev–Trinajstić information content (AvgIpc) is 2.48. The van der Waals surface area contributed by atoms with Gasteiger partial charge < -0.3 is 10.1 Å².